The Balaban J connectivity index is 1.67. The minimum atomic E-state index is -0.470. The molecule has 0 aliphatic heterocycles. The van der Waals surface area contributed by atoms with Gasteiger partial charge in [0.1, 0.15) is 11.5 Å². The zero-order valence-corrected chi connectivity index (χ0v) is 14.1. The summed E-state index contributed by atoms with van der Waals surface area (Å²) in [7, 11) is 0. The second kappa shape index (κ2) is 7.46. The van der Waals surface area contributed by atoms with Crippen LogP contribution in [0.15, 0.2) is 53.6 Å². The zero-order valence-electron chi connectivity index (χ0n) is 12.6. The van der Waals surface area contributed by atoms with Gasteiger partial charge in [-0.1, -0.05) is 29.3 Å². The predicted octanol–water partition coefficient (Wildman–Crippen LogP) is 4.29. The van der Waals surface area contributed by atoms with Gasteiger partial charge in [0.25, 0.3) is 5.91 Å². The minimum absolute atomic E-state index is 0.221. The second-order valence-electron chi connectivity index (χ2n) is 5.04. The number of rotatable bonds is 4. The monoisotopic (exact) mass is 376 g/mol. The Morgan fingerprint density at radius 1 is 1.16 bits per heavy atom. The smallest absolute Gasteiger partial charge is 0.272 e. The average molecular weight is 377 g/mol. The number of hydrogen-bond donors (Lipinski definition) is 2. The van der Waals surface area contributed by atoms with E-state index < -0.39 is 5.91 Å². The maximum Gasteiger partial charge on any atom is 0.289 e. The van der Waals surface area contributed by atoms with Gasteiger partial charge < -0.3 is 0 Å². The summed E-state index contributed by atoms with van der Waals surface area (Å²) in [6.07, 6.45) is 1.41. The van der Waals surface area contributed by atoms with Crippen LogP contribution in [-0.4, -0.2) is 22.3 Å². The van der Waals surface area contributed by atoms with Crippen LogP contribution in [0.5, 0.6) is 0 Å². The number of H-pyrrole nitrogens is 1. The van der Waals surface area contributed by atoms with Crippen LogP contribution in [0.4, 0.5) is 4.39 Å². The number of benzene rings is 2. The first-order valence-corrected chi connectivity index (χ1v) is 7.88. The summed E-state index contributed by atoms with van der Waals surface area (Å²) >= 11 is 11.8. The molecule has 1 aromatic heterocycles. The zero-order chi connectivity index (χ0) is 17.8. The largest absolute Gasteiger partial charge is 0.289 e. The molecule has 0 atom stereocenters. The average Bonchev–Trinajstić information content (AvgIpc) is 3.07. The maximum absolute atomic E-state index is 12.9. The van der Waals surface area contributed by atoms with Crippen LogP contribution < -0.4 is 5.43 Å². The SMILES string of the molecule is O=C(NN=Cc1ccc(Cl)cc1Cl)c1cc(-c2ccc(F)cc2)n[nH]1. The Morgan fingerprint density at radius 3 is 2.64 bits per heavy atom. The molecule has 0 aliphatic rings. The highest BCUT2D eigenvalue weighted by Crippen LogP contribution is 2.20. The molecule has 8 heteroatoms. The molecular formula is C17H11Cl2FN4O. The van der Waals surface area contributed by atoms with Gasteiger partial charge in [-0.25, -0.2) is 9.82 Å². The lowest BCUT2D eigenvalue weighted by Gasteiger charge is -1.99. The fourth-order valence-electron chi connectivity index (χ4n) is 2.03. The van der Waals surface area contributed by atoms with Gasteiger partial charge in [0.15, 0.2) is 0 Å². The standard InChI is InChI=1S/C17H11Cl2FN4O/c18-12-4-1-11(14(19)7-12)9-21-24-17(25)16-8-15(22-23-16)10-2-5-13(20)6-3-10/h1-9H,(H,22,23)(H,24,25). The number of carbonyl (C=O) groups is 1. The van der Waals surface area contributed by atoms with Gasteiger partial charge in [-0.15, -0.1) is 0 Å². The number of hydrazone groups is 1. The molecule has 0 radical (unpaired) electrons. The van der Waals surface area contributed by atoms with Crippen molar-refractivity contribution in [2.45, 2.75) is 0 Å². The van der Waals surface area contributed by atoms with Gasteiger partial charge >= 0.3 is 0 Å². The lowest BCUT2D eigenvalue weighted by atomic mass is 10.1. The van der Waals surface area contributed by atoms with Crippen LogP contribution in [0.25, 0.3) is 11.3 Å². The van der Waals surface area contributed by atoms with Gasteiger partial charge in [-0.2, -0.15) is 10.2 Å². The van der Waals surface area contributed by atoms with Crippen molar-refractivity contribution in [2.24, 2.45) is 5.10 Å². The Bertz CT molecular complexity index is 938. The quantitative estimate of drug-likeness (QED) is 0.526. The molecule has 0 aliphatic carbocycles. The molecule has 0 unspecified atom stereocenters. The van der Waals surface area contributed by atoms with Crippen LogP contribution in [-0.2, 0) is 0 Å². The number of carbonyl (C=O) groups excluding carboxylic acids is 1. The number of nitrogens with zero attached hydrogens (tertiary/aromatic N) is 2. The normalized spacial score (nSPS) is 11.0. The Morgan fingerprint density at radius 2 is 1.92 bits per heavy atom. The van der Waals surface area contributed by atoms with Crippen molar-refractivity contribution in [3.05, 3.63) is 75.7 Å². The fraction of sp³-hybridized carbons (Fsp3) is 0. The summed E-state index contributed by atoms with van der Waals surface area (Å²) in [5.74, 6) is -0.811. The van der Waals surface area contributed by atoms with Gasteiger partial charge in [0.05, 0.1) is 16.9 Å². The van der Waals surface area contributed by atoms with Gasteiger partial charge in [-0.3, -0.25) is 9.89 Å². The lowest BCUT2D eigenvalue weighted by molar-refractivity contribution is 0.0950. The molecule has 2 N–H and O–H groups in total. The molecule has 0 saturated carbocycles. The summed E-state index contributed by atoms with van der Waals surface area (Å²) in [6.45, 7) is 0. The van der Waals surface area contributed by atoms with E-state index >= 15 is 0 Å². The van der Waals surface area contributed by atoms with E-state index in [4.69, 9.17) is 23.2 Å². The van der Waals surface area contributed by atoms with Crippen molar-refractivity contribution >= 4 is 35.3 Å². The first kappa shape index (κ1) is 17.1. The van der Waals surface area contributed by atoms with E-state index in [0.717, 1.165) is 0 Å². The first-order valence-electron chi connectivity index (χ1n) is 7.13. The van der Waals surface area contributed by atoms with Crippen LogP contribution in [0.1, 0.15) is 16.1 Å². The molecule has 0 bridgehead atoms. The third kappa shape index (κ3) is 4.23. The molecular weight excluding hydrogens is 366 g/mol. The first-order chi connectivity index (χ1) is 12.0. The third-order valence-corrected chi connectivity index (χ3v) is 3.86. The van der Waals surface area contributed by atoms with Gasteiger partial charge in [0, 0.05) is 16.1 Å². The third-order valence-electron chi connectivity index (χ3n) is 3.29. The van der Waals surface area contributed by atoms with E-state index in [1.54, 1.807) is 36.4 Å². The van der Waals surface area contributed by atoms with E-state index in [2.05, 4.69) is 20.7 Å². The minimum Gasteiger partial charge on any atom is -0.272 e. The molecule has 3 aromatic rings. The molecule has 0 saturated heterocycles. The molecule has 25 heavy (non-hydrogen) atoms. The second-order valence-corrected chi connectivity index (χ2v) is 5.88. The number of halogens is 3. The highest BCUT2D eigenvalue weighted by Gasteiger charge is 2.10. The number of nitrogens with one attached hydrogen (secondary N) is 2. The maximum atomic E-state index is 12.9. The van der Waals surface area contributed by atoms with Gasteiger partial charge in [0.2, 0.25) is 0 Å². The van der Waals surface area contributed by atoms with Crippen LogP contribution in [0.3, 0.4) is 0 Å². The van der Waals surface area contributed by atoms with Crippen molar-refractivity contribution in [3.8, 4) is 11.3 Å². The number of amides is 1. The van der Waals surface area contributed by atoms with E-state index in [0.29, 0.717) is 26.9 Å². The van der Waals surface area contributed by atoms with Crippen LogP contribution >= 0.6 is 23.2 Å². The summed E-state index contributed by atoms with van der Waals surface area (Å²) in [6, 6.07) is 12.3. The van der Waals surface area contributed by atoms with E-state index in [-0.39, 0.29) is 11.5 Å². The summed E-state index contributed by atoms with van der Waals surface area (Å²) < 4.78 is 12.9. The van der Waals surface area contributed by atoms with Crippen molar-refractivity contribution in [2.75, 3.05) is 0 Å². The topological polar surface area (TPSA) is 70.1 Å². The van der Waals surface area contributed by atoms with Gasteiger partial charge in [-0.05, 0) is 42.5 Å². The number of hydrogen-bond acceptors (Lipinski definition) is 3. The molecule has 1 amide bonds. The molecule has 2 aromatic carbocycles. The Hall–Kier alpha value is -2.70. The van der Waals surface area contributed by atoms with Crippen LogP contribution in [0, 0.1) is 5.82 Å². The highest BCUT2D eigenvalue weighted by molar-refractivity contribution is 6.36. The Labute approximate surface area is 152 Å². The fourth-order valence-corrected chi connectivity index (χ4v) is 2.49. The van der Waals surface area contributed by atoms with Crippen LogP contribution in [0.2, 0.25) is 10.0 Å². The molecule has 126 valence electrons. The van der Waals surface area contributed by atoms with Crippen molar-refractivity contribution in [1.82, 2.24) is 15.6 Å². The lowest BCUT2D eigenvalue weighted by Crippen LogP contribution is -2.18. The number of aromatic nitrogens is 2. The van der Waals surface area contributed by atoms with Crippen molar-refractivity contribution in [1.29, 1.82) is 0 Å². The van der Waals surface area contributed by atoms with Crippen molar-refractivity contribution < 1.29 is 9.18 Å². The number of aromatic amines is 1. The predicted molar refractivity (Wildman–Crippen MR) is 95.5 cm³/mol. The Kier molecular flexibility index (Phi) is 5.11. The molecule has 3 rings (SSSR count). The summed E-state index contributed by atoms with van der Waals surface area (Å²) in [5.41, 5.74) is 4.42. The summed E-state index contributed by atoms with van der Waals surface area (Å²) in [4.78, 5) is 12.1. The van der Waals surface area contributed by atoms with E-state index in [1.165, 1.54) is 18.3 Å². The molecule has 0 spiro atoms. The van der Waals surface area contributed by atoms with Crippen molar-refractivity contribution in [3.63, 3.8) is 0 Å². The molecule has 5 nitrogen and oxygen atoms in total. The van der Waals surface area contributed by atoms with E-state index in [1.807, 2.05) is 0 Å². The molecule has 1 heterocycles. The summed E-state index contributed by atoms with van der Waals surface area (Å²) in [5, 5.41) is 11.4. The highest BCUT2D eigenvalue weighted by atomic mass is 35.5. The van der Waals surface area contributed by atoms with E-state index in [9.17, 15) is 9.18 Å². The molecule has 0 fully saturated rings.